The molecule has 3 rings (SSSR count). The van der Waals surface area contributed by atoms with Crippen LogP contribution in [0, 0.1) is 6.92 Å². The standard InChI is InChI=1S/C19H19N3O4S/c1-12-8-9-13(27(3,25)26)10-15(12)18(23)20-21-19(24)16-11-22(2)17-7-5-4-6-14(16)17/h4-11H,1-3H3,(H,20,23)(H,21,24). The maximum absolute atomic E-state index is 12.5. The van der Waals surface area contributed by atoms with Crippen LogP contribution in [0.3, 0.4) is 0 Å². The molecule has 0 aliphatic carbocycles. The summed E-state index contributed by atoms with van der Waals surface area (Å²) in [6.45, 7) is 1.69. The first-order chi connectivity index (χ1) is 12.7. The number of nitrogens with one attached hydrogen (secondary N) is 2. The zero-order valence-electron chi connectivity index (χ0n) is 15.1. The molecule has 0 aliphatic heterocycles. The predicted molar refractivity (Wildman–Crippen MR) is 102 cm³/mol. The lowest BCUT2D eigenvalue weighted by molar-refractivity contribution is 0.0847. The van der Waals surface area contributed by atoms with Gasteiger partial charge in [-0.05, 0) is 30.7 Å². The van der Waals surface area contributed by atoms with E-state index in [0.29, 0.717) is 11.1 Å². The molecular formula is C19H19N3O4S. The molecule has 2 aromatic carbocycles. The SMILES string of the molecule is Cc1ccc(S(C)(=O)=O)cc1C(=O)NNC(=O)c1cn(C)c2ccccc12. The Labute approximate surface area is 156 Å². The highest BCUT2D eigenvalue weighted by Crippen LogP contribution is 2.20. The van der Waals surface area contributed by atoms with Crippen LogP contribution in [-0.2, 0) is 16.9 Å². The molecule has 0 bridgehead atoms. The zero-order valence-corrected chi connectivity index (χ0v) is 15.9. The van der Waals surface area contributed by atoms with Crippen LogP contribution in [0.2, 0.25) is 0 Å². The quantitative estimate of drug-likeness (QED) is 0.674. The topological polar surface area (TPSA) is 97.3 Å². The van der Waals surface area contributed by atoms with E-state index in [0.717, 1.165) is 17.2 Å². The van der Waals surface area contributed by atoms with Gasteiger partial charge in [-0.3, -0.25) is 20.4 Å². The Hall–Kier alpha value is -3.13. The van der Waals surface area contributed by atoms with Gasteiger partial charge in [0.2, 0.25) is 0 Å². The number of carbonyl (C=O) groups is 2. The second-order valence-corrected chi connectivity index (χ2v) is 8.34. The molecule has 7 nitrogen and oxygen atoms in total. The van der Waals surface area contributed by atoms with Crippen molar-refractivity contribution in [2.75, 3.05) is 6.26 Å². The van der Waals surface area contributed by atoms with Crippen LogP contribution in [0.4, 0.5) is 0 Å². The van der Waals surface area contributed by atoms with E-state index < -0.39 is 21.7 Å². The summed E-state index contributed by atoms with van der Waals surface area (Å²) in [4.78, 5) is 24.9. The van der Waals surface area contributed by atoms with Crippen molar-refractivity contribution in [1.29, 1.82) is 0 Å². The molecule has 8 heteroatoms. The van der Waals surface area contributed by atoms with Crippen molar-refractivity contribution in [3.63, 3.8) is 0 Å². The van der Waals surface area contributed by atoms with Crippen LogP contribution in [0.25, 0.3) is 10.9 Å². The molecule has 140 valence electrons. The summed E-state index contributed by atoms with van der Waals surface area (Å²) in [7, 11) is -1.61. The number of hydrogen-bond donors (Lipinski definition) is 2. The lowest BCUT2D eigenvalue weighted by atomic mass is 10.1. The van der Waals surface area contributed by atoms with Crippen LogP contribution in [0.1, 0.15) is 26.3 Å². The lowest BCUT2D eigenvalue weighted by Crippen LogP contribution is -2.41. The molecule has 2 amide bonds. The Balaban J connectivity index is 1.80. The minimum Gasteiger partial charge on any atom is -0.350 e. The van der Waals surface area contributed by atoms with Crippen molar-refractivity contribution in [2.24, 2.45) is 7.05 Å². The van der Waals surface area contributed by atoms with E-state index in [9.17, 15) is 18.0 Å². The molecule has 0 saturated carbocycles. The van der Waals surface area contributed by atoms with Gasteiger partial charge in [-0.15, -0.1) is 0 Å². The number of para-hydroxylation sites is 1. The minimum absolute atomic E-state index is 0.0404. The highest BCUT2D eigenvalue weighted by Gasteiger charge is 2.17. The number of nitrogens with zero attached hydrogens (tertiary/aromatic N) is 1. The molecule has 1 aromatic heterocycles. The fourth-order valence-corrected chi connectivity index (χ4v) is 3.49. The molecule has 27 heavy (non-hydrogen) atoms. The van der Waals surface area contributed by atoms with E-state index in [1.165, 1.54) is 12.1 Å². The van der Waals surface area contributed by atoms with E-state index in [-0.39, 0.29) is 10.5 Å². The molecule has 0 aliphatic rings. The van der Waals surface area contributed by atoms with E-state index >= 15 is 0 Å². The largest absolute Gasteiger partial charge is 0.350 e. The van der Waals surface area contributed by atoms with Crippen molar-refractivity contribution in [1.82, 2.24) is 15.4 Å². The van der Waals surface area contributed by atoms with E-state index in [1.54, 1.807) is 19.2 Å². The van der Waals surface area contributed by atoms with Crippen LogP contribution >= 0.6 is 0 Å². The number of amides is 2. The molecule has 0 saturated heterocycles. The molecular weight excluding hydrogens is 366 g/mol. The molecule has 0 atom stereocenters. The lowest BCUT2D eigenvalue weighted by Gasteiger charge is -2.10. The maximum Gasteiger partial charge on any atom is 0.271 e. The van der Waals surface area contributed by atoms with Gasteiger partial charge in [-0.1, -0.05) is 24.3 Å². The zero-order chi connectivity index (χ0) is 19.8. The second kappa shape index (κ2) is 6.88. The van der Waals surface area contributed by atoms with Crippen LogP contribution < -0.4 is 10.9 Å². The summed E-state index contributed by atoms with van der Waals surface area (Å²) < 4.78 is 25.2. The monoisotopic (exact) mass is 385 g/mol. The van der Waals surface area contributed by atoms with Gasteiger partial charge in [0, 0.05) is 36.0 Å². The molecule has 2 N–H and O–H groups in total. The number of aryl methyl sites for hydroxylation is 2. The van der Waals surface area contributed by atoms with Crippen LogP contribution in [0.5, 0.6) is 0 Å². The van der Waals surface area contributed by atoms with Crippen LogP contribution in [0.15, 0.2) is 53.6 Å². The minimum atomic E-state index is -3.44. The Bertz CT molecular complexity index is 1160. The van der Waals surface area contributed by atoms with Crippen molar-refractivity contribution in [2.45, 2.75) is 11.8 Å². The molecule has 0 unspecified atom stereocenters. The third kappa shape index (κ3) is 3.70. The third-order valence-electron chi connectivity index (χ3n) is 4.31. The summed E-state index contributed by atoms with van der Waals surface area (Å²) in [5.74, 6) is -1.05. The average Bonchev–Trinajstić information content (AvgIpc) is 2.96. The van der Waals surface area contributed by atoms with Crippen molar-refractivity contribution < 1.29 is 18.0 Å². The number of sulfone groups is 1. The number of benzene rings is 2. The number of rotatable bonds is 3. The molecule has 1 heterocycles. The Morgan fingerprint density at radius 3 is 2.26 bits per heavy atom. The van der Waals surface area contributed by atoms with Gasteiger partial charge in [0.25, 0.3) is 11.8 Å². The predicted octanol–water partition coefficient (Wildman–Crippen LogP) is 1.97. The summed E-state index contributed by atoms with van der Waals surface area (Å²) in [5, 5.41) is 0.766. The van der Waals surface area contributed by atoms with Gasteiger partial charge in [-0.25, -0.2) is 8.42 Å². The fraction of sp³-hybridized carbons (Fsp3) is 0.158. The molecule has 3 aromatic rings. The van der Waals surface area contributed by atoms with Crippen molar-refractivity contribution in [3.05, 3.63) is 65.4 Å². The molecule has 0 fully saturated rings. The normalized spacial score (nSPS) is 11.4. The summed E-state index contributed by atoms with van der Waals surface area (Å²) >= 11 is 0. The van der Waals surface area contributed by atoms with Gasteiger partial charge >= 0.3 is 0 Å². The Kier molecular flexibility index (Phi) is 4.75. The first kappa shape index (κ1) is 18.7. The first-order valence-corrected chi connectivity index (χ1v) is 10.0. The third-order valence-corrected chi connectivity index (χ3v) is 5.42. The fourth-order valence-electron chi connectivity index (χ4n) is 2.85. The second-order valence-electron chi connectivity index (χ2n) is 6.33. The van der Waals surface area contributed by atoms with Gasteiger partial charge in [-0.2, -0.15) is 0 Å². The number of hydrazine groups is 1. The summed E-state index contributed by atoms with van der Waals surface area (Å²) in [5.41, 5.74) is 6.83. The van der Waals surface area contributed by atoms with Gasteiger partial charge in [0.05, 0.1) is 10.5 Å². The highest BCUT2D eigenvalue weighted by molar-refractivity contribution is 7.90. The highest BCUT2D eigenvalue weighted by atomic mass is 32.2. The smallest absolute Gasteiger partial charge is 0.271 e. The number of carbonyl (C=O) groups excluding carboxylic acids is 2. The Morgan fingerprint density at radius 1 is 0.963 bits per heavy atom. The maximum atomic E-state index is 12.5. The first-order valence-electron chi connectivity index (χ1n) is 8.14. The van der Waals surface area contributed by atoms with Crippen molar-refractivity contribution >= 4 is 32.6 Å². The van der Waals surface area contributed by atoms with Gasteiger partial charge < -0.3 is 4.57 Å². The average molecular weight is 385 g/mol. The van der Waals surface area contributed by atoms with E-state index in [4.69, 9.17) is 0 Å². The van der Waals surface area contributed by atoms with E-state index in [2.05, 4.69) is 10.9 Å². The van der Waals surface area contributed by atoms with Gasteiger partial charge in [0.15, 0.2) is 9.84 Å². The number of aromatic nitrogens is 1. The molecule has 0 spiro atoms. The molecule has 0 radical (unpaired) electrons. The summed E-state index contributed by atoms with van der Waals surface area (Å²) in [6.07, 6.45) is 2.75. The number of hydrogen-bond acceptors (Lipinski definition) is 4. The number of fused-ring (bicyclic) bond motifs is 1. The van der Waals surface area contributed by atoms with E-state index in [1.807, 2.05) is 35.9 Å². The van der Waals surface area contributed by atoms with Crippen molar-refractivity contribution in [3.8, 4) is 0 Å². The summed E-state index contributed by atoms with van der Waals surface area (Å²) in [6, 6.07) is 11.7. The van der Waals surface area contributed by atoms with Gasteiger partial charge in [0.1, 0.15) is 0 Å². The Morgan fingerprint density at radius 2 is 1.59 bits per heavy atom. The van der Waals surface area contributed by atoms with Crippen LogP contribution in [-0.4, -0.2) is 31.1 Å².